The number of carboxylic acid groups (broad SMARTS) is 1. The molecule has 20 nitrogen and oxygen atoms in total. The first kappa shape index (κ1) is 109. The van der Waals surface area contributed by atoms with E-state index in [2.05, 4.69) is 119 Å². The van der Waals surface area contributed by atoms with Crippen molar-refractivity contribution >= 4 is 262 Å². The second kappa shape index (κ2) is 45.2. The minimum Gasteiger partial charge on any atom is -0.691 e. The molecule has 4 N–H and O–H groups in total. The molecule has 16 saturated carbocycles. The number of benzene rings is 6. The molecule has 16 fully saturated rings. The van der Waals surface area contributed by atoms with E-state index in [4.69, 9.17) is 147 Å². The number of fused-ring (bicyclic) bond motifs is 4. The van der Waals surface area contributed by atoms with Crippen molar-refractivity contribution in [3.63, 3.8) is 0 Å². The Bertz CT molecular complexity index is 5060. The quantitative estimate of drug-likeness (QED) is 0.00739. The highest BCUT2D eigenvalue weighted by atomic mass is 32.2. The lowest BCUT2D eigenvalue weighted by atomic mass is 8.33. The summed E-state index contributed by atoms with van der Waals surface area (Å²) in [4.78, 5) is 80.6. The second-order valence-electron chi connectivity index (χ2n) is 42.0. The van der Waals surface area contributed by atoms with Crippen LogP contribution >= 0.6 is 12.0 Å². The number of ether oxygens (including phenoxy) is 7. The lowest BCUT2D eigenvalue weighted by Gasteiger charge is -2.59. The van der Waals surface area contributed by atoms with Crippen molar-refractivity contribution in [2.75, 3.05) is 13.2 Å². The largest absolute Gasteiger partial charge is 0.691 e. The minimum absolute atomic E-state index is 0.0829. The molecular formula is C87H93B27F4O20S3+. The first-order valence-corrected chi connectivity index (χ1v) is 51.4. The first-order chi connectivity index (χ1) is 66.8. The molecule has 0 spiro atoms. The van der Waals surface area contributed by atoms with Gasteiger partial charge in [-0.25, -0.2) is 19.2 Å². The van der Waals surface area contributed by atoms with E-state index < -0.39 is 176 Å². The standard InChI is InChI=1S/C25H32F2O10S.C23H32O6.2C18H13OS.C3H4F2O2.B27/c26-25(27,38-37-36-32)21(30)34-19-16-2-13-3-17(19)10-22(4-13,9-16)20(29)33-11-18(28)35-24-7-14-1-15(8-24)6-23(31,5-14)12-24;24-18(29-23-7-14-1-15(8-23)6-22(27,5-14)12-23)11-28-20(26)21-4-13-2-16(9-21)19(25)17(3-13)10-21;2*1-2-8-14(9-3-1)20-17-12-6-4-10-15(17)19-16-11-5-7-13-18(16)20;1-3(4,5)2(6)7;1-15-22(14)26(23(16(2)3)17(4)5)27(24(18(6)7)19(8)9)25(20(10)11)21(12)13/h13-17,19,31-32H,1-12H2;13-17,19,25,27H,1-12H2;2*1-13H;1H3,(H,6,7);/q;;2*+1;;/p-1. The van der Waals surface area contributed by atoms with E-state index in [1.54, 1.807) is 0 Å². The fraction of sp³-hybridized carbons (Fsp3) is 0.517. The zero-order chi connectivity index (χ0) is 101. The molecule has 0 aromatic heterocycles. The van der Waals surface area contributed by atoms with Gasteiger partial charge in [0.2, 0.25) is 19.6 Å². The van der Waals surface area contributed by atoms with Crippen molar-refractivity contribution in [1.82, 2.24) is 0 Å². The highest BCUT2D eigenvalue weighted by Gasteiger charge is 2.66. The Morgan fingerprint density at radius 2 is 0.759 bits per heavy atom. The maximum atomic E-state index is 13.9. The van der Waals surface area contributed by atoms with E-state index in [0.717, 1.165) is 106 Å². The molecule has 2 heterocycles. The number of aliphatic carboxylic acids is 1. The highest BCUT2D eigenvalue weighted by Crippen LogP contribution is 2.65. The van der Waals surface area contributed by atoms with Crippen LogP contribution in [0.2, 0.25) is 0 Å². The molecule has 141 heavy (non-hydrogen) atoms. The Kier molecular flexibility index (Phi) is 35.0. The van der Waals surface area contributed by atoms with Crippen LogP contribution in [-0.2, 0) is 83.6 Å². The molecule has 8 unspecified atom stereocenters. The minimum atomic E-state index is -4.12. The van der Waals surface area contributed by atoms with E-state index in [-0.39, 0.29) is 70.1 Å². The van der Waals surface area contributed by atoms with Crippen molar-refractivity contribution in [2.45, 2.75) is 223 Å². The van der Waals surface area contributed by atoms with Gasteiger partial charge in [-0.05, 0) is 260 Å². The zero-order valence-electron chi connectivity index (χ0n) is 78.6. The van der Waals surface area contributed by atoms with Gasteiger partial charge < -0.3 is 58.8 Å². The first-order valence-electron chi connectivity index (χ1n) is 48.2. The van der Waals surface area contributed by atoms with E-state index in [0.29, 0.717) is 94.3 Å². The molecule has 2 aliphatic heterocycles. The van der Waals surface area contributed by atoms with Crippen LogP contribution in [0.4, 0.5) is 17.6 Å². The highest BCUT2D eigenvalue weighted by molar-refractivity contribution is 8.25. The molecule has 0 amide bonds. The number of carbonyl (C=O) groups is 6. The third-order valence-corrected chi connectivity index (χ3v) is 36.4. The molecule has 6 aromatic carbocycles. The smallest absolute Gasteiger partial charge is 0.415 e. The fourth-order valence-corrected chi connectivity index (χ4v) is 32.1. The topological polar surface area (TPSA) is 289 Å². The van der Waals surface area contributed by atoms with Gasteiger partial charge in [0, 0.05) is 212 Å². The number of carboxylic acids is 1. The lowest BCUT2D eigenvalue weighted by Crippen LogP contribution is -2.86. The van der Waals surface area contributed by atoms with Gasteiger partial charge >= 0.3 is 47.0 Å². The van der Waals surface area contributed by atoms with Gasteiger partial charge in [0.25, 0.3) is 0 Å². The van der Waals surface area contributed by atoms with E-state index in [1.165, 1.54) is 36.4 Å². The SMILES string of the molecule is CC(F)(F)C(=O)O.O=C(COC(=O)C12CC3CC(C1)C(O)C(C3)C2)OC12CC3CC(CC(O)(C3)C1)C2.O=C(COC(=O)C12CC3CC(C1)C(OC(=O)C(F)(F)SOO[O-])C(C3)C2)OC12CC3CC(CC(O)(C3)C1)C2.[B][B]B([B])B(B(B([B])[B])B([B])[B])B(B(B([B])[B])B([B])[B])B(B([B])[B])B([B])[B].c1ccc([S+]2c3ccccc3Oc3ccccc32)cc1.c1ccc([S+]2c3ccccc3Oc3ccccc32)cc1. The van der Waals surface area contributed by atoms with Crippen molar-refractivity contribution in [2.24, 2.45) is 70.0 Å². The molecule has 6 aromatic rings. The van der Waals surface area contributed by atoms with Crippen LogP contribution in [0.15, 0.2) is 187 Å². The number of hydrogen-bond donors (Lipinski definition) is 4. The Morgan fingerprint density at radius 3 is 1.07 bits per heavy atom. The van der Waals surface area contributed by atoms with Crippen LogP contribution in [0.25, 0.3) is 0 Å². The summed E-state index contributed by atoms with van der Waals surface area (Å²) in [5, 5.41) is 48.2. The van der Waals surface area contributed by atoms with Crippen molar-refractivity contribution in [1.29, 1.82) is 0 Å². The van der Waals surface area contributed by atoms with Gasteiger partial charge in [-0.3, -0.25) is 14.6 Å². The van der Waals surface area contributed by atoms with Gasteiger partial charge in [0.1, 0.15) is 51.1 Å². The Hall–Kier alpha value is -5.98. The van der Waals surface area contributed by atoms with Crippen LogP contribution in [0.1, 0.15) is 148 Å². The number of carbonyl (C=O) groups excluding carboxylic acids is 5. The van der Waals surface area contributed by atoms with E-state index in [9.17, 15) is 66.9 Å². The average molecular weight is 1920 g/mol. The molecule has 8 atom stereocenters. The fourth-order valence-electron chi connectivity index (χ4n) is 27.4. The van der Waals surface area contributed by atoms with E-state index in [1.807, 2.05) is 48.5 Å². The number of aliphatic hydroxyl groups excluding tert-OH is 1. The summed E-state index contributed by atoms with van der Waals surface area (Å²) in [5.41, 5.74) is -4.07. The Labute approximate surface area is 857 Å². The summed E-state index contributed by atoms with van der Waals surface area (Å²) in [6.45, 7) is -0.520. The molecule has 29 radical (unpaired) electrons. The normalized spacial score (nSPS) is 29.1. The number of hydrogen-bond acceptors (Lipinski definition) is 20. The predicted molar refractivity (Wildman–Crippen MR) is 558 cm³/mol. The number of esters is 5. The maximum Gasteiger partial charge on any atom is 0.415 e. The molecule has 54 heteroatoms. The van der Waals surface area contributed by atoms with Crippen molar-refractivity contribution in [3.05, 3.63) is 158 Å². The number of aliphatic hydroxyl groups is 3. The van der Waals surface area contributed by atoms with Crippen LogP contribution in [0, 0.1) is 70.0 Å². The van der Waals surface area contributed by atoms with Gasteiger partial charge in [0.15, 0.2) is 46.0 Å². The van der Waals surface area contributed by atoms with Crippen LogP contribution in [0.5, 0.6) is 23.0 Å². The summed E-state index contributed by atoms with van der Waals surface area (Å²) in [6.07, 6.45) is 4.54. The summed E-state index contributed by atoms with van der Waals surface area (Å²) >= 11 is -0.729. The molecule has 18 aliphatic rings. The Balaban J connectivity index is 0.000000133. The van der Waals surface area contributed by atoms with Crippen LogP contribution in [0.3, 0.4) is 0 Å². The molecule has 16 bridgehead atoms. The second-order valence-corrected chi connectivity index (χ2v) is 46.7. The van der Waals surface area contributed by atoms with Gasteiger partial charge in [-0.2, -0.15) is 21.9 Å². The third kappa shape index (κ3) is 24.8. The van der Waals surface area contributed by atoms with Gasteiger partial charge in [-0.15, -0.1) is 0 Å². The molecule has 16 aliphatic carbocycles. The van der Waals surface area contributed by atoms with Crippen LogP contribution in [-0.4, -0.2) is 307 Å². The zero-order valence-corrected chi connectivity index (χ0v) is 81.0. The summed E-state index contributed by atoms with van der Waals surface area (Å²) in [6, 6.07) is 54.6. The molecular weight excluding hydrogens is 1830 g/mol. The van der Waals surface area contributed by atoms with Crippen molar-refractivity contribution < 1.29 is 115 Å². The van der Waals surface area contributed by atoms with Gasteiger partial charge in [0.05, 0.1) is 28.1 Å². The lowest BCUT2D eigenvalue weighted by molar-refractivity contribution is -0.777. The van der Waals surface area contributed by atoms with Crippen LogP contribution < -0.4 is 14.7 Å². The third-order valence-electron chi connectivity index (χ3n) is 31.3. The molecule has 24 rings (SSSR count). The number of halogens is 4. The molecule has 0 saturated heterocycles. The summed E-state index contributed by atoms with van der Waals surface area (Å²) in [5.74, 6) is -3.45. The molecule has 687 valence electrons. The monoisotopic (exact) mass is 1930 g/mol. The average Bonchev–Trinajstić information content (AvgIpc) is 0.766. The van der Waals surface area contributed by atoms with Gasteiger partial charge in [-0.1, -0.05) is 84.9 Å². The Morgan fingerprint density at radius 1 is 0.447 bits per heavy atom. The predicted octanol–water partition coefficient (Wildman–Crippen LogP) is 4.92. The summed E-state index contributed by atoms with van der Waals surface area (Å²) in [7, 11) is 84.4. The number of para-hydroxylation sites is 4. The summed E-state index contributed by atoms with van der Waals surface area (Å²) < 4.78 is 93.9. The maximum absolute atomic E-state index is 13.9. The number of alkyl halides is 4. The van der Waals surface area contributed by atoms with E-state index >= 15 is 0 Å². The van der Waals surface area contributed by atoms with Crippen molar-refractivity contribution in [3.8, 4) is 23.0 Å². The number of rotatable bonds is 28.